The summed E-state index contributed by atoms with van der Waals surface area (Å²) < 4.78 is 0. The van der Waals surface area contributed by atoms with Crippen molar-refractivity contribution in [3.63, 3.8) is 0 Å². The van der Waals surface area contributed by atoms with E-state index in [4.69, 9.17) is 20.4 Å². The Kier molecular flexibility index (Phi) is 8.45. The maximum Gasteiger partial charge on any atom is 0.339 e. The third-order valence-electron chi connectivity index (χ3n) is 2.27. The van der Waals surface area contributed by atoms with Crippen molar-refractivity contribution in [2.24, 2.45) is 0 Å². The quantitative estimate of drug-likeness (QED) is 0.628. The van der Waals surface area contributed by atoms with Gasteiger partial charge in [-0.15, -0.1) is 0 Å². The Morgan fingerprint density at radius 2 is 0.952 bits per heavy atom. The SMILES string of the molecule is O=C(O)c1ccccc1O.O=C(O)c1ccccc1O.[Ca]. The summed E-state index contributed by atoms with van der Waals surface area (Å²) in [6.07, 6.45) is 0. The van der Waals surface area contributed by atoms with Crippen molar-refractivity contribution in [3.8, 4) is 11.5 Å². The molecular weight excluding hydrogens is 304 g/mol. The molecule has 6 nitrogen and oxygen atoms in total. The van der Waals surface area contributed by atoms with Gasteiger partial charge in [0.1, 0.15) is 22.6 Å². The summed E-state index contributed by atoms with van der Waals surface area (Å²) in [6.45, 7) is 0. The van der Waals surface area contributed by atoms with Crippen molar-refractivity contribution < 1.29 is 30.0 Å². The Labute approximate surface area is 150 Å². The predicted octanol–water partition coefficient (Wildman–Crippen LogP) is 1.80. The zero-order valence-electron chi connectivity index (χ0n) is 10.9. The number of benzene rings is 2. The van der Waals surface area contributed by atoms with Crippen LogP contribution in [-0.4, -0.2) is 70.1 Å². The van der Waals surface area contributed by atoms with Crippen LogP contribution >= 0.6 is 0 Å². The molecule has 2 rings (SSSR count). The molecule has 0 bridgehead atoms. The fourth-order valence-corrected chi connectivity index (χ4v) is 1.31. The molecule has 0 saturated heterocycles. The van der Waals surface area contributed by atoms with Gasteiger partial charge in [0.2, 0.25) is 0 Å². The van der Waals surface area contributed by atoms with Gasteiger partial charge in [-0.2, -0.15) is 0 Å². The summed E-state index contributed by atoms with van der Waals surface area (Å²) in [5.74, 6) is -2.62. The number of hydrogen-bond donors (Lipinski definition) is 4. The summed E-state index contributed by atoms with van der Waals surface area (Å²) >= 11 is 0. The van der Waals surface area contributed by atoms with Gasteiger partial charge < -0.3 is 20.4 Å². The van der Waals surface area contributed by atoms with Gasteiger partial charge in [-0.05, 0) is 24.3 Å². The number of rotatable bonds is 2. The topological polar surface area (TPSA) is 115 Å². The first-order chi connectivity index (χ1) is 9.43. The molecule has 2 aromatic rings. The van der Waals surface area contributed by atoms with E-state index in [1.54, 1.807) is 24.3 Å². The van der Waals surface area contributed by atoms with E-state index >= 15 is 0 Å². The fraction of sp³-hybridized carbons (Fsp3) is 0. The monoisotopic (exact) mass is 316 g/mol. The molecule has 0 aromatic heterocycles. The Balaban J connectivity index is 0.000000364. The summed E-state index contributed by atoms with van der Waals surface area (Å²) in [5.41, 5.74) is -0.134. The van der Waals surface area contributed by atoms with E-state index in [1.807, 2.05) is 0 Å². The van der Waals surface area contributed by atoms with Crippen LogP contribution in [0.1, 0.15) is 20.7 Å². The smallest absolute Gasteiger partial charge is 0.339 e. The molecule has 0 unspecified atom stereocenters. The van der Waals surface area contributed by atoms with E-state index in [2.05, 4.69) is 0 Å². The van der Waals surface area contributed by atoms with Crippen LogP contribution in [0.15, 0.2) is 48.5 Å². The molecule has 2 radical (unpaired) electrons. The van der Waals surface area contributed by atoms with Gasteiger partial charge in [-0.25, -0.2) is 9.59 Å². The van der Waals surface area contributed by atoms with Gasteiger partial charge in [0.05, 0.1) is 0 Å². The van der Waals surface area contributed by atoms with E-state index in [-0.39, 0.29) is 60.4 Å². The van der Waals surface area contributed by atoms with Gasteiger partial charge in [-0.1, -0.05) is 24.3 Å². The molecular formula is C14H12CaO6. The second kappa shape index (κ2) is 9.23. The second-order valence-electron chi connectivity index (χ2n) is 3.64. The largest absolute Gasteiger partial charge is 0.507 e. The summed E-state index contributed by atoms with van der Waals surface area (Å²) in [4.78, 5) is 20.5. The van der Waals surface area contributed by atoms with Crippen LogP contribution in [-0.2, 0) is 0 Å². The summed E-state index contributed by atoms with van der Waals surface area (Å²) in [5, 5.41) is 34.6. The third-order valence-corrected chi connectivity index (χ3v) is 2.27. The van der Waals surface area contributed by atoms with E-state index < -0.39 is 11.9 Å². The number of hydrogen-bond acceptors (Lipinski definition) is 4. The number of carboxylic acid groups (broad SMARTS) is 2. The Bertz CT molecular complexity index is 571. The first-order valence-electron chi connectivity index (χ1n) is 5.46. The Morgan fingerprint density at radius 1 is 0.667 bits per heavy atom. The van der Waals surface area contributed by atoms with E-state index in [9.17, 15) is 9.59 Å². The standard InChI is InChI=1S/2C7H6O3.Ca/c2*8-6-4-2-1-3-5(6)7(9)10;/h2*1-4,8H,(H,9,10);. The van der Waals surface area contributed by atoms with Crippen LogP contribution in [0.2, 0.25) is 0 Å². The van der Waals surface area contributed by atoms with Crippen LogP contribution in [0.25, 0.3) is 0 Å². The second-order valence-corrected chi connectivity index (χ2v) is 3.64. The van der Waals surface area contributed by atoms with Crippen molar-refractivity contribution in [3.05, 3.63) is 59.7 Å². The summed E-state index contributed by atoms with van der Waals surface area (Å²) in [6, 6.07) is 11.6. The van der Waals surface area contributed by atoms with Crippen LogP contribution in [0, 0.1) is 0 Å². The van der Waals surface area contributed by atoms with Crippen LogP contribution in [0.3, 0.4) is 0 Å². The van der Waals surface area contributed by atoms with Gasteiger partial charge >= 0.3 is 11.9 Å². The maximum atomic E-state index is 10.3. The number of carbonyl (C=O) groups is 2. The maximum absolute atomic E-state index is 10.3. The van der Waals surface area contributed by atoms with E-state index in [0.29, 0.717) is 0 Å². The molecule has 21 heavy (non-hydrogen) atoms. The van der Waals surface area contributed by atoms with Crippen molar-refractivity contribution >= 4 is 49.7 Å². The van der Waals surface area contributed by atoms with Crippen molar-refractivity contribution in [1.82, 2.24) is 0 Å². The predicted molar refractivity (Wildman–Crippen MR) is 75.9 cm³/mol. The minimum absolute atomic E-state index is 0. The van der Waals surface area contributed by atoms with Crippen LogP contribution in [0.4, 0.5) is 0 Å². The van der Waals surface area contributed by atoms with Crippen LogP contribution in [0.5, 0.6) is 11.5 Å². The van der Waals surface area contributed by atoms with Gasteiger partial charge in [0.15, 0.2) is 0 Å². The number of para-hydroxylation sites is 2. The number of carboxylic acids is 2. The molecule has 0 fully saturated rings. The first-order valence-corrected chi connectivity index (χ1v) is 5.46. The number of aromatic hydroxyl groups is 2. The number of aromatic carboxylic acids is 2. The fourth-order valence-electron chi connectivity index (χ4n) is 1.31. The Hall–Kier alpha value is -1.76. The zero-order valence-corrected chi connectivity index (χ0v) is 13.1. The van der Waals surface area contributed by atoms with E-state index in [1.165, 1.54) is 24.3 Å². The molecule has 0 spiro atoms. The Morgan fingerprint density at radius 3 is 1.14 bits per heavy atom. The third kappa shape index (κ3) is 6.03. The van der Waals surface area contributed by atoms with Crippen LogP contribution < -0.4 is 0 Å². The molecule has 0 heterocycles. The molecule has 4 N–H and O–H groups in total. The molecule has 0 amide bonds. The summed E-state index contributed by atoms with van der Waals surface area (Å²) in [7, 11) is 0. The van der Waals surface area contributed by atoms with E-state index in [0.717, 1.165) is 0 Å². The molecule has 106 valence electrons. The van der Waals surface area contributed by atoms with Crippen molar-refractivity contribution in [1.29, 1.82) is 0 Å². The average Bonchev–Trinajstić information content (AvgIpc) is 2.40. The van der Waals surface area contributed by atoms with Gasteiger partial charge in [0, 0.05) is 37.7 Å². The minimum Gasteiger partial charge on any atom is -0.507 e. The molecule has 0 saturated carbocycles. The molecule has 0 aliphatic carbocycles. The normalized spacial score (nSPS) is 8.76. The minimum atomic E-state index is -1.11. The van der Waals surface area contributed by atoms with Crippen molar-refractivity contribution in [2.75, 3.05) is 0 Å². The molecule has 2 aromatic carbocycles. The zero-order chi connectivity index (χ0) is 15.1. The first kappa shape index (κ1) is 19.2. The number of phenols is 2. The molecule has 0 atom stereocenters. The molecule has 0 aliphatic heterocycles. The molecule has 7 heteroatoms. The van der Waals surface area contributed by atoms with Crippen molar-refractivity contribution in [2.45, 2.75) is 0 Å². The molecule has 0 aliphatic rings. The van der Waals surface area contributed by atoms with Gasteiger partial charge in [-0.3, -0.25) is 0 Å². The van der Waals surface area contributed by atoms with Gasteiger partial charge in [0.25, 0.3) is 0 Å². The average molecular weight is 316 g/mol.